The second-order valence-electron chi connectivity index (χ2n) is 6.27. The number of carbonyl (C=O) groups is 1. The van der Waals surface area contributed by atoms with Gasteiger partial charge < -0.3 is 9.64 Å². The SMILES string of the molecule is CC[C@H]1CN(C(=O)c2cnn(-c3ccccn3)c2C)c2ccccc2O1. The van der Waals surface area contributed by atoms with Gasteiger partial charge in [0.15, 0.2) is 5.82 Å². The standard InChI is InChI=1S/C20H20N4O2/c1-3-15-13-23(17-8-4-5-9-18(17)26-15)20(25)16-12-22-24(14(16)2)19-10-6-7-11-21-19/h4-12,15H,3,13H2,1-2H3/t15-/m0/s1. The molecule has 0 N–H and O–H groups in total. The molecule has 0 aliphatic carbocycles. The number of rotatable bonds is 3. The monoisotopic (exact) mass is 348 g/mol. The van der Waals surface area contributed by atoms with Crippen molar-refractivity contribution in [3.63, 3.8) is 0 Å². The number of hydrogen-bond acceptors (Lipinski definition) is 4. The third kappa shape index (κ3) is 2.73. The highest BCUT2D eigenvalue weighted by molar-refractivity contribution is 6.07. The first-order chi connectivity index (χ1) is 12.7. The van der Waals surface area contributed by atoms with Crippen molar-refractivity contribution < 1.29 is 9.53 Å². The quantitative estimate of drug-likeness (QED) is 0.728. The second kappa shape index (κ2) is 6.63. The first-order valence-corrected chi connectivity index (χ1v) is 8.72. The van der Waals surface area contributed by atoms with E-state index in [0.29, 0.717) is 17.9 Å². The molecule has 1 aromatic carbocycles. The molecule has 1 aliphatic rings. The molecule has 6 nitrogen and oxygen atoms in total. The number of ether oxygens (including phenoxy) is 1. The Balaban J connectivity index is 1.71. The Hall–Kier alpha value is -3.15. The molecule has 2 aromatic heterocycles. The zero-order chi connectivity index (χ0) is 18.1. The van der Waals surface area contributed by atoms with Crippen LogP contribution in [0.3, 0.4) is 0 Å². The summed E-state index contributed by atoms with van der Waals surface area (Å²) in [6.07, 6.45) is 4.15. The molecule has 26 heavy (non-hydrogen) atoms. The largest absolute Gasteiger partial charge is 0.486 e. The molecule has 3 aromatic rings. The molecule has 0 saturated heterocycles. The number of nitrogens with zero attached hydrogens (tertiary/aromatic N) is 4. The normalized spacial score (nSPS) is 16.1. The van der Waals surface area contributed by atoms with E-state index in [-0.39, 0.29) is 12.0 Å². The molecule has 0 unspecified atom stereocenters. The van der Waals surface area contributed by atoms with Gasteiger partial charge in [-0.05, 0) is 37.6 Å². The Morgan fingerprint density at radius 3 is 2.81 bits per heavy atom. The van der Waals surface area contributed by atoms with Crippen molar-refractivity contribution in [3.05, 3.63) is 66.1 Å². The maximum atomic E-state index is 13.3. The summed E-state index contributed by atoms with van der Waals surface area (Å²) in [4.78, 5) is 19.4. The fourth-order valence-electron chi connectivity index (χ4n) is 3.18. The average Bonchev–Trinajstić information content (AvgIpc) is 3.08. The van der Waals surface area contributed by atoms with Crippen LogP contribution in [0.5, 0.6) is 5.75 Å². The molecule has 0 saturated carbocycles. The molecule has 1 atom stereocenters. The van der Waals surface area contributed by atoms with Crippen LogP contribution in [-0.4, -0.2) is 33.3 Å². The molecule has 0 radical (unpaired) electrons. The van der Waals surface area contributed by atoms with Gasteiger partial charge in [-0.1, -0.05) is 25.1 Å². The summed E-state index contributed by atoms with van der Waals surface area (Å²) in [5.41, 5.74) is 2.14. The van der Waals surface area contributed by atoms with E-state index in [0.717, 1.165) is 23.6 Å². The summed E-state index contributed by atoms with van der Waals surface area (Å²) >= 11 is 0. The Morgan fingerprint density at radius 2 is 2.04 bits per heavy atom. The number of anilines is 1. The second-order valence-corrected chi connectivity index (χ2v) is 6.27. The molecule has 4 rings (SSSR count). The van der Waals surface area contributed by atoms with E-state index >= 15 is 0 Å². The maximum absolute atomic E-state index is 13.3. The molecule has 6 heteroatoms. The predicted molar refractivity (Wildman–Crippen MR) is 98.9 cm³/mol. The van der Waals surface area contributed by atoms with E-state index in [4.69, 9.17) is 4.74 Å². The van der Waals surface area contributed by atoms with Crippen molar-refractivity contribution in [2.24, 2.45) is 0 Å². The van der Waals surface area contributed by atoms with Crippen LogP contribution in [0.1, 0.15) is 29.4 Å². The lowest BCUT2D eigenvalue weighted by atomic mass is 10.1. The zero-order valence-electron chi connectivity index (χ0n) is 14.8. The smallest absolute Gasteiger partial charge is 0.261 e. The first-order valence-electron chi connectivity index (χ1n) is 8.72. The minimum atomic E-state index is -0.0705. The minimum absolute atomic E-state index is 0.0139. The van der Waals surface area contributed by atoms with Gasteiger partial charge in [-0.15, -0.1) is 0 Å². The summed E-state index contributed by atoms with van der Waals surface area (Å²) in [7, 11) is 0. The number of hydrogen-bond donors (Lipinski definition) is 0. The van der Waals surface area contributed by atoms with Crippen LogP contribution in [0.25, 0.3) is 5.82 Å². The maximum Gasteiger partial charge on any atom is 0.261 e. The van der Waals surface area contributed by atoms with Gasteiger partial charge >= 0.3 is 0 Å². The van der Waals surface area contributed by atoms with Gasteiger partial charge in [0, 0.05) is 6.20 Å². The molecular formula is C20H20N4O2. The number of pyridine rings is 1. The number of amides is 1. The van der Waals surface area contributed by atoms with Crippen LogP contribution in [0, 0.1) is 6.92 Å². The Morgan fingerprint density at radius 1 is 1.23 bits per heavy atom. The number of fused-ring (bicyclic) bond motifs is 1. The molecular weight excluding hydrogens is 328 g/mol. The molecule has 0 fully saturated rings. The van der Waals surface area contributed by atoms with E-state index in [1.165, 1.54) is 0 Å². The lowest BCUT2D eigenvalue weighted by molar-refractivity contribution is 0.0954. The first kappa shape index (κ1) is 16.3. The third-order valence-electron chi connectivity index (χ3n) is 4.64. The van der Waals surface area contributed by atoms with Crippen LogP contribution >= 0.6 is 0 Å². The van der Waals surface area contributed by atoms with Crippen LogP contribution in [0.15, 0.2) is 54.9 Å². The molecule has 1 amide bonds. The van der Waals surface area contributed by atoms with E-state index in [1.807, 2.05) is 49.4 Å². The van der Waals surface area contributed by atoms with Gasteiger partial charge in [0.1, 0.15) is 11.9 Å². The van der Waals surface area contributed by atoms with Crippen molar-refractivity contribution in [3.8, 4) is 11.6 Å². The van der Waals surface area contributed by atoms with E-state index < -0.39 is 0 Å². The van der Waals surface area contributed by atoms with E-state index in [1.54, 1.807) is 22.0 Å². The summed E-state index contributed by atoms with van der Waals surface area (Å²) < 4.78 is 7.67. The van der Waals surface area contributed by atoms with Crippen molar-refractivity contribution in [2.75, 3.05) is 11.4 Å². The minimum Gasteiger partial charge on any atom is -0.486 e. The topological polar surface area (TPSA) is 60.2 Å². The lowest BCUT2D eigenvalue weighted by Gasteiger charge is -2.34. The van der Waals surface area contributed by atoms with Crippen molar-refractivity contribution in [2.45, 2.75) is 26.4 Å². The number of carbonyl (C=O) groups excluding carboxylic acids is 1. The lowest BCUT2D eigenvalue weighted by Crippen LogP contribution is -2.43. The molecule has 1 aliphatic heterocycles. The van der Waals surface area contributed by atoms with Crippen LogP contribution in [0.2, 0.25) is 0 Å². The predicted octanol–water partition coefficient (Wildman–Crippen LogP) is 3.39. The third-order valence-corrected chi connectivity index (χ3v) is 4.64. The van der Waals surface area contributed by atoms with Gasteiger partial charge in [0.2, 0.25) is 0 Å². The van der Waals surface area contributed by atoms with Crippen LogP contribution in [0.4, 0.5) is 5.69 Å². The Kier molecular flexibility index (Phi) is 4.16. The fourth-order valence-corrected chi connectivity index (χ4v) is 3.18. The average molecular weight is 348 g/mol. The number of para-hydroxylation sites is 2. The molecule has 132 valence electrons. The highest BCUT2D eigenvalue weighted by atomic mass is 16.5. The van der Waals surface area contributed by atoms with Crippen LogP contribution in [-0.2, 0) is 0 Å². The van der Waals surface area contributed by atoms with Crippen molar-refractivity contribution >= 4 is 11.6 Å². The highest BCUT2D eigenvalue weighted by Gasteiger charge is 2.31. The van der Waals surface area contributed by atoms with Gasteiger partial charge in [-0.2, -0.15) is 5.10 Å². The van der Waals surface area contributed by atoms with Gasteiger partial charge in [-0.25, -0.2) is 9.67 Å². The van der Waals surface area contributed by atoms with Crippen molar-refractivity contribution in [1.29, 1.82) is 0 Å². The number of aromatic nitrogens is 3. The van der Waals surface area contributed by atoms with E-state index in [9.17, 15) is 4.79 Å². The summed E-state index contributed by atoms with van der Waals surface area (Å²) in [5, 5.41) is 4.37. The summed E-state index contributed by atoms with van der Waals surface area (Å²) in [5.74, 6) is 1.37. The van der Waals surface area contributed by atoms with Crippen molar-refractivity contribution in [1.82, 2.24) is 14.8 Å². The highest BCUT2D eigenvalue weighted by Crippen LogP contribution is 2.35. The molecule has 0 spiro atoms. The fraction of sp³-hybridized carbons (Fsp3) is 0.250. The van der Waals surface area contributed by atoms with Crippen LogP contribution < -0.4 is 9.64 Å². The number of benzene rings is 1. The van der Waals surface area contributed by atoms with Gasteiger partial charge in [-0.3, -0.25) is 4.79 Å². The zero-order valence-corrected chi connectivity index (χ0v) is 14.8. The summed E-state index contributed by atoms with van der Waals surface area (Å²) in [6.45, 7) is 4.48. The van der Waals surface area contributed by atoms with E-state index in [2.05, 4.69) is 17.0 Å². The molecule has 3 heterocycles. The van der Waals surface area contributed by atoms with Gasteiger partial charge in [0.25, 0.3) is 5.91 Å². The van der Waals surface area contributed by atoms with Gasteiger partial charge in [0.05, 0.1) is 29.7 Å². The Bertz CT molecular complexity index is 936. The molecule has 0 bridgehead atoms. The Labute approximate surface area is 152 Å². The summed E-state index contributed by atoms with van der Waals surface area (Å²) in [6, 6.07) is 13.3.